The van der Waals surface area contributed by atoms with Crippen molar-refractivity contribution in [3.63, 3.8) is 0 Å². The Morgan fingerprint density at radius 3 is 2.31 bits per heavy atom. The lowest BCUT2D eigenvalue weighted by Crippen LogP contribution is -2.15. The Balaban J connectivity index is 1.87. The molecule has 0 fully saturated rings. The van der Waals surface area contributed by atoms with Crippen molar-refractivity contribution in [3.05, 3.63) is 94.8 Å². The molecule has 0 unspecified atom stereocenters. The van der Waals surface area contributed by atoms with Gasteiger partial charge in [0.15, 0.2) is 0 Å². The zero-order chi connectivity index (χ0) is 20.8. The van der Waals surface area contributed by atoms with Crippen molar-refractivity contribution in [3.8, 4) is 5.75 Å². The first-order chi connectivity index (χ1) is 14.0. The van der Waals surface area contributed by atoms with Crippen molar-refractivity contribution in [2.24, 2.45) is 0 Å². The summed E-state index contributed by atoms with van der Waals surface area (Å²) in [4.78, 5) is 23.9. The lowest BCUT2D eigenvalue weighted by atomic mass is 10.1. The van der Waals surface area contributed by atoms with E-state index in [1.807, 2.05) is 30.3 Å². The first-order valence-electron chi connectivity index (χ1n) is 8.72. The molecule has 0 aliphatic heterocycles. The van der Waals surface area contributed by atoms with E-state index in [4.69, 9.17) is 4.74 Å². The summed E-state index contributed by atoms with van der Waals surface area (Å²) in [5.74, 6) is -1.43. The molecule has 0 spiro atoms. The van der Waals surface area contributed by atoms with Crippen LogP contribution >= 0.6 is 0 Å². The smallest absolute Gasteiger partial charge is 0.337 e. The number of methoxy groups -OCH3 is 1. The highest BCUT2D eigenvalue weighted by Gasteiger charge is 2.14. The number of nitrogens with one attached hydrogen (secondary N) is 1. The van der Waals surface area contributed by atoms with Crippen LogP contribution in [-0.4, -0.2) is 24.1 Å². The molecule has 0 aromatic heterocycles. The van der Waals surface area contributed by atoms with Crippen LogP contribution in [0.2, 0.25) is 0 Å². The van der Waals surface area contributed by atoms with Crippen LogP contribution in [0.1, 0.15) is 31.8 Å². The van der Waals surface area contributed by atoms with E-state index < -0.39 is 17.7 Å². The highest BCUT2D eigenvalue weighted by Crippen LogP contribution is 2.22. The fraction of sp³-hybridized carbons (Fsp3) is 0.0435. The van der Waals surface area contributed by atoms with Crippen molar-refractivity contribution in [1.82, 2.24) is 0 Å². The van der Waals surface area contributed by atoms with E-state index in [1.54, 1.807) is 25.3 Å². The van der Waals surface area contributed by atoms with Crippen molar-refractivity contribution >= 4 is 29.7 Å². The van der Waals surface area contributed by atoms with Crippen LogP contribution in [0.25, 0.3) is 12.2 Å². The number of aromatic carboxylic acids is 1. The molecular formula is C23H18FNO4. The molecule has 5 nitrogen and oxygen atoms in total. The van der Waals surface area contributed by atoms with E-state index in [9.17, 15) is 19.1 Å². The van der Waals surface area contributed by atoms with Gasteiger partial charge in [0.25, 0.3) is 5.91 Å². The van der Waals surface area contributed by atoms with Crippen LogP contribution in [-0.2, 0) is 0 Å². The van der Waals surface area contributed by atoms with Crippen LogP contribution in [0.5, 0.6) is 5.75 Å². The number of halogens is 1. The van der Waals surface area contributed by atoms with Gasteiger partial charge in [-0.1, -0.05) is 30.4 Å². The SMILES string of the molecule is COc1cccc(C=Cc2ccc(C(=O)O)c(NC(=O)c3ccc(F)cc3)c2)c1. The number of rotatable bonds is 6. The van der Waals surface area contributed by atoms with Gasteiger partial charge in [-0.25, -0.2) is 9.18 Å². The quantitative estimate of drug-likeness (QED) is 0.583. The third kappa shape index (κ3) is 5.07. The largest absolute Gasteiger partial charge is 0.497 e. The maximum atomic E-state index is 13.0. The normalized spacial score (nSPS) is 10.7. The van der Waals surface area contributed by atoms with Crippen LogP contribution in [0.4, 0.5) is 10.1 Å². The van der Waals surface area contributed by atoms with Gasteiger partial charge in [-0.3, -0.25) is 4.79 Å². The monoisotopic (exact) mass is 391 g/mol. The summed E-state index contributed by atoms with van der Waals surface area (Å²) in [7, 11) is 1.59. The fourth-order valence-electron chi connectivity index (χ4n) is 2.69. The van der Waals surface area contributed by atoms with Crippen LogP contribution in [0, 0.1) is 5.82 Å². The lowest BCUT2D eigenvalue weighted by molar-refractivity contribution is 0.0698. The van der Waals surface area contributed by atoms with Crippen molar-refractivity contribution in [2.75, 3.05) is 12.4 Å². The molecule has 0 aliphatic rings. The van der Waals surface area contributed by atoms with Gasteiger partial charge >= 0.3 is 5.97 Å². The number of hydrogen-bond acceptors (Lipinski definition) is 3. The van der Waals surface area contributed by atoms with E-state index in [1.165, 1.54) is 30.3 Å². The third-order valence-electron chi connectivity index (χ3n) is 4.19. The predicted molar refractivity (Wildman–Crippen MR) is 110 cm³/mol. The van der Waals surface area contributed by atoms with Crippen molar-refractivity contribution in [1.29, 1.82) is 0 Å². The van der Waals surface area contributed by atoms with E-state index in [2.05, 4.69) is 5.32 Å². The Hall–Kier alpha value is -3.93. The molecule has 6 heteroatoms. The predicted octanol–water partition coefficient (Wildman–Crippen LogP) is 4.96. The third-order valence-corrected chi connectivity index (χ3v) is 4.19. The number of carbonyl (C=O) groups excluding carboxylic acids is 1. The molecule has 2 N–H and O–H groups in total. The molecule has 146 valence electrons. The average molecular weight is 391 g/mol. The minimum absolute atomic E-state index is 0.0426. The summed E-state index contributed by atoms with van der Waals surface area (Å²) < 4.78 is 18.2. The van der Waals surface area contributed by atoms with E-state index in [-0.39, 0.29) is 16.8 Å². The van der Waals surface area contributed by atoms with Gasteiger partial charge in [0.2, 0.25) is 0 Å². The minimum Gasteiger partial charge on any atom is -0.497 e. The summed E-state index contributed by atoms with van der Waals surface area (Å²) >= 11 is 0. The second-order valence-corrected chi connectivity index (χ2v) is 6.18. The molecule has 3 rings (SSSR count). The Morgan fingerprint density at radius 1 is 0.966 bits per heavy atom. The zero-order valence-electron chi connectivity index (χ0n) is 15.6. The van der Waals surface area contributed by atoms with Crippen molar-refractivity contribution in [2.45, 2.75) is 0 Å². The lowest BCUT2D eigenvalue weighted by Gasteiger charge is -2.10. The molecule has 0 heterocycles. The molecule has 29 heavy (non-hydrogen) atoms. The summed E-state index contributed by atoms with van der Waals surface area (Å²) in [6.07, 6.45) is 3.65. The second-order valence-electron chi connectivity index (χ2n) is 6.18. The number of carboxylic acid groups (broad SMARTS) is 1. The number of carbonyl (C=O) groups is 2. The molecule has 0 bridgehead atoms. The molecule has 3 aromatic rings. The number of hydrogen-bond donors (Lipinski definition) is 2. The molecule has 0 saturated carbocycles. The molecule has 3 aromatic carbocycles. The van der Waals surface area contributed by atoms with Gasteiger partial charge in [-0.2, -0.15) is 0 Å². The molecule has 0 radical (unpaired) electrons. The van der Waals surface area contributed by atoms with Gasteiger partial charge in [0.05, 0.1) is 18.4 Å². The highest BCUT2D eigenvalue weighted by molar-refractivity contribution is 6.08. The summed E-state index contributed by atoms with van der Waals surface area (Å²) in [6, 6.07) is 17.1. The van der Waals surface area contributed by atoms with Gasteiger partial charge in [0.1, 0.15) is 11.6 Å². The summed E-state index contributed by atoms with van der Waals surface area (Å²) in [5, 5.41) is 12.0. The van der Waals surface area contributed by atoms with Gasteiger partial charge in [-0.15, -0.1) is 0 Å². The second kappa shape index (κ2) is 8.84. The fourth-order valence-corrected chi connectivity index (χ4v) is 2.69. The Kier molecular flexibility index (Phi) is 6.04. The summed E-state index contributed by atoms with van der Waals surface area (Å²) in [5.41, 5.74) is 1.94. The van der Waals surface area contributed by atoms with E-state index in [0.717, 1.165) is 11.3 Å². The maximum absolute atomic E-state index is 13.0. The van der Waals surface area contributed by atoms with Gasteiger partial charge in [0, 0.05) is 5.56 Å². The van der Waals surface area contributed by atoms with Crippen molar-refractivity contribution < 1.29 is 23.8 Å². The van der Waals surface area contributed by atoms with Crippen LogP contribution in [0.3, 0.4) is 0 Å². The van der Waals surface area contributed by atoms with Gasteiger partial charge in [-0.05, 0) is 59.7 Å². The van der Waals surface area contributed by atoms with Crippen LogP contribution in [0.15, 0.2) is 66.7 Å². The Bertz CT molecular complexity index is 1070. The van der Waals surface area contributed by atoms with E-state index in [0.29, 0.717) is 5.56 Å². The number of ether oxygens (including phenoxy) is 1. The molecule has 1 amide bonds. The molecule has 0 atom stereocenters. The summed E-state index contributed by atoms with van der Waals surface area (Å²) in [6.45, 7) is 0. The first kappa shape index (κ1) is 19.8. The number of benzene rings is 3. The number of anilines is 1. The van der Waals surface area contributed by atoms with E-state index >= 15 is 0 Å². The number of amides is 1. The standard InChI is InChI=1S/C23H18FNO4/c1-29-19-4-2-3-15(13-19)5-6-16-7-12-20(23(27)28)21(14-16)25-22(26)17-8-10-18(24)11-9-17/h2-14H,1H3,(H,25,26)(H,27,28). The van der Waals surface area contributed by atoms with Crippen LogP contribution < -0.4 is 10.1 Å². The first-order valence-corrected chi connectivity index (χ1v) is 8.72. The topological polar surface area (TPSA) is 75.6 Å². The minimum atomic E-state index is -1.16. The Labute approximate surface area is 167 Å². The molecular weight excluding hydrogens is 373 g/mol. The molecule has 0 saturated heterocycles. The number of carboxylic acids is 1. The molecule has 0 aliphatic carbocycles. The zero-order valence-corrected chi connectivity index (χ0v) is 15.6. The Morgan fingerprint density at radius 2 is 1.66 bits per heavy atom. The highest BCUT2D eigenvalue weighted by atomic mass is 19.1. The average Bonchev–Trinajstić information content (AvgIpc) is 2.72. The van der Waals surface area contributed by atoms with Gasteiger partial charge < -0.3 is 15.2 Å². The maximum Gasteiger partial charge on any atom is 0.337 e.